The summed E-state index contributed by atoms with van der Waals surface area (Å²) < 4.78 is 1.79. The number of aromatic nitrogens is 3. The van der Waals surface area contributed by atoms with Gasteiger partial charge in [0.1, 0.15) is 5.82 Å². The van der Waals surface area contributed by atoms with Crippen LogP contribution in [0.5, 0.6) is 0 Å². The summed E-state index contributed by atoms with van der Waals surface area (Å²) >= 11 is 0. The lowest BCUT2D eigenvalue weighted by Crippen LogP contribution is -2.54. The minimum absolute atomic E-state index is 0.0463. The zero-order valence-electron chi connectivity index (χ0n) is 25.4. The number of piperazine rings is 1. The number of anilines is 1. The van der Waals surface area contributed by atoms with Crippen LogP contribution in [0.15, 0.2) is 59.0 Å². The predicted molar refractivity (Wildman–Crippen MR) is 179 cm³/mol. The molecule has 0 radical (unpaired) electrons. The van der Waals surface area contributed by atoms with Gasteiger partial charge in [0.15, 0.2) is 0 Å². The van der Waals surface area contributed by atoms with Crippen LogP contribution in [0.2, 0.25) is 0 Å². The molecule has 2 aromatic heterocycles. The molecule has 4 heterocycles. The molecule has 0 N–H and O–H groups in total. The SMILES string of the molecule is C=CC(=O)N1CCN(c2nc(=O)n(-c3c(C)ccnc3C(C)C)c3c4c(c(C)cc23)-c2c(P)cccc2N=CC4)[C@@H](C)C1. The van der Waals surface area contributed by atoms with Crippen LogP contribution in [-0.4, -0.2) is 57.2 Å². The van der Waals surface area contributed by atoms with E-state index >= 15 is 0 Å². The Labute approximate surface area is 254 Å². The molecule has 1 amide bonds. The van der Waals surface area contributed by atoms with Gasteiger partial charge < -0.3 is 9.80 Å². The summed E-state index contributed by atoms with van der Waals surface area (Å²) in [4.78, 5) is 45.2. The second-order valence-corrected chi connectivity index (χ2v) is 12.4. The molecule has 1 saturated heterocycles. The summed E-state index contributed by atoms with van der Waals surface area (Å²) in [7, 11) is 2.87. The van der Waals surface area contributed by atoms with Gasteiger partial charge in [0, 0.05) is 55.5 Å². The van der Waals surface area contributed by atoms with E-state index in [4.69, 9.17) is 15.0 Å². The summed E-state index contributed by atoms with van der Waals surface area (Å²) in [5, 5.41) is 1.96. The molecule has 1 fully saturated rings. The van der Waals surface area contributed by atoms with Crippen LogP contribution in [0.1, 0.15) is 49.1 Å². The number of aliphatic imine (C=N–C) groups is 1. The van der Waals surface area contributed by atoms with E-state index in [1.807, 2.05) is 37.5 Å². The van der Waals surface area contributed by atoms with Crippen LogP contribution in [-0.2, 0) is 11.2 Å². The first-order chi connectivity index (χ1) is 20.6. The number of nitrogens with zero attached hydrogens (tertiary/aromatic N) is 6. The first-order valence-corrected chi connectivity index (χ1v) is 15.3. The Morgan fingerprint density at radius 2 is 1.93 bits per heavy atom. The quantitative estimate of drug-likeness (QED) is 0.241. The second-order valence-electron chi connectivity index (χ2n) is 11.8. The topological polar surface area (TPSA) is 83.7 Å². The first-order valence-electron chi connectivity index (χ1n) is 14.8. The average Bonchev–Trinajstić information content (AvgIpc) is 3.18. The molecule has 2 aliphatic rings. The fourth-order valence-corrected chi connectivity index (χ4v) is 7.03. The lowest BCUT2D eigenvalue weighted by Gasteiger charge is -2.40. The molecule has 220 valence electrons. The Morgan fingerprint density at radius 3 is 2.65 bits per heavy atom. The molecule has 2 atom stereocenters. The monoisotopic (exact) mass is 592 g/mol. The van der Waals surface area contributed by atoms with Crippen molar-refractivity contribution in [2.75, 3.05) is 24.5 Å². The number of aryl methyl sites for hydroxylation is 2. The number of hydrogen-bond donors (Lipinski definition) is 0. The Morgan fingerprint density at radius 1 is 1.14 bits per heavy atom. The molecule has 0 aliphatic carbocycles. The Kier molecular flexibility index (Phi) is 7.51. The molecule has 9 heteroatoms. The van der Waals surface area contributed by atoms with Crippen molar-refractivity contribution in [3.63, 3.8) is 0 Å². The molecule has 2 aromatic carbocycles. The highest BCUT2D eigenvalue weighted by Gasteiger charge is 2.31. The van der Waals surface area contributed by atoms with Gasteiger partial charge in [-0.3, -0.25) is 19.3 Å². The lowest BCUT2D eigenvalue weighted by molar-refractivity contribution is -0.126. The Balaban J connectivity index is 1.72. The van der Waals surface area contributed by atoms with Gasteiger partial charge >= 0.3 is 5.69 Å². The summed E-state index contributed by atoms with van der Waals surface area (Å²) in [6, 6.07) is 10.2. The van der Waals surface area contributed by atoms with Gasteiger partial charge in [0.2, 0.25) is 5.91 Å². The van der Waals surface area contributed by atoms with Crippen LogP contribution in [0, 0.1) is 13.8 Å². The van der Waals surface area contributed by atoms with Crippen molar-refractivity contribution in [1.82, 2.24) is 19.4 Å². The van der Waals surface area contributed by atoms with E-state index in [9.17, 15) is 9.59 Å². The Bertz CT molecular complexity index is 1890. The summed E-state index contributed by atoms with van der Waals surface area (Å²) in [5.41, 5.74) is 8.29. The molecule has 8 nitrogen and oxygen atoms in total. The number of hydrogen-bond acceptors (Lipinski definition) is 6. The minimum Gasteiger partial charge on any atom is -0.350 e. The number of fused-ring (bicyclic) bond motifs is 5. The zero-order valence-corrected chi connectivity index (χ0v) is 26.5. The highest BCUT2D eigenvalue weighted by Crippen LogP contribution is 2.42. The van der Waals surface area contributed by atoms with E-state index in [0.717, 1.165) is 61.1 Å². The van der Waals surface area contributed by atoms with Gasteiger partial charge in [-0.05, 0) is 78.5 Å². The molecular weight excluding hydrogens is 555 g/mol. The van der Waals surface area contributed by atoms with Gasteiger partial charge in [-0.25, -0.2) is 4.79 Å². The normalized spacial score (nSPS) is 16.3. The highest BCUT2D eigenvalue weighted by molar-refractivity contribution is 7.28. The van der Waals surface area contributed by atoms with Gasteiger partial charge in [0.05, 0.1) is 22.6 Å². The van der Waals surface area contributed by atoms with Crippen molar-refractivity contribution in [3.05, 3.63) is 82.1 Å². The van der Waals surface area contributed by atoms with Crippen molar-refractivity contribution < 1.29 is 4.79 Å². The number of carbonyl (C=O) groups is 1. The molecule has 0 spiro atoms. The average molecular weight is 593 g/mol. The molecule has 1 unspecified atom stereocenters. The predicted octanol–water partition coefficient (Wildman–Crippen LogP) is 5.17. The lowest BCUT2D eigenvalue weighted by atomic mass is 9.90. The molecule has 0 bridgehead atoms. The third-order valence-electron chi connectivity index (χ3n) is 8.62. The van der Waals surface area contributed by atoms with Crippen molar-refractivity contribution in [2.24, 2.45) is 4.99 Å². The zero-order chi connectivity index (χ0) is 30.6. The number of amides is 1. The standard InChI is InChI=1S/C34H37N6O2P/c1-7-27(41)38-15-16-39(22(6)18-38)33-24-17-21(5)28-23(12-14-35-25-9-8-10-26(43)29(25)28)32(24)40(34(42)37-33)31-20(4)11-13-36-30(31)19(2)3/h7-11,13-14,17,19,22H,1,12,15-16,18,43H2,2-6H3/t22-/m0/s1. The second kappa shape index (κ2) is 11.2. The van der Waals surface area contributed by atoms with Gasteiger partial charge in [-0.15, -0.1) is 9.24 Å². The molecule has 0 saturated carbocycles. The van der Waals surface area contributed by atoms with Crippen LogP contribution in [0.3, 0.4) is 0 Å². The fraction of sp³-hybridized carbons (Fsp3) is 0.324. The van der Waals surface area contributed by atoms with Crippen LogP contribution in [0.4, 0.5) is 11.5 Å². The van der Waals surface area contributed by atoms with E-state index < -0.39 is 0 Å². The largest absolute Gasteiger partial charge is 0.354 e. The highest BCUT2D eigenvalue weighted by atomic mass is 31.0. The smallest absolute Gasteiger partial charge is 0.350 e. The van der Waals surface area contributed by atoms with Gasteiger partial charge in [-0.2, -0.15) is 4.98 Å². The van der Waals surface area contributed by atoms with Gasteiger partial charge in [-0.1, -0.05) is 32.6 Å². The molecular formula is C34H37N6O2P. The minimum atomic E-state index is -0.344. The van der Waals surface area contributed by atoms with Crippen molar-refractivity contribution >= 4 is 49.1 Å². The fourth-order valence-electron chi connectivity index (χ4n) is 6.63. The third-order valence-corrected chi connectivity index (χ3v) is 9.10. The number of benzene rings is 2. The number of carbonyl (C=O) groups excluding carboxylic acids is 1. The third kappa shape index (κ3) is 4.78. The van der Waals surface area contributed by atoms with E-state index in [0.29, 0.717) is 31.9 Å². The van der Waals surface area contributed by atoms with E-state index in [2.05, 4.69) is 60.5 Å². The molecule has 4 aromatic rings. The van der Waals surface area contributed by atoms with Crippen LogP contribution < -0.4 is 15.9 Å². The summed E-state index contributed by atoms with van der Waals surface area (Å²) in [5.74, 6) is 0.658. The Hall–Kier alpha value is -4.16. The molecule has 6 rings (SSSR count). The van der Waals surface area contributed by atoms with Crippen molar-refractivity contribution in [1.29, 1.82) is 0 Å². The summed E-state index contributed by atoms with van der Waals surface area (Å²) in [6.07, 6.45) is 5.67. The maximum absolute atomic E-state index is 14.4. The van der Waals surface area contributed by atoms with E-state index in [-0.39, 0.29) is 23.6 Å². The summed E-state index contributed by atoms with van der Waals surface area (Å²) in [6.45, 7) is 15.7. The number of rotatable bonds is 4. The van der Waals surface area contributed by atoms with Crippen molar-refractivity contribution in [2.45, 2.75) is 53.0 Å². The van der Waals surface area contributed by atoms with E-state index in [1.165, 1.54) is 6.08 Å². The molecule has 2 aliphatic heterocycles. The van der Waals surface area contributed by atoms with Crippen LogP contribution in [0.25, 0.3) is 27.7 Å². The van der Waals surface area contributed by atoms with Crippen LogP contribution >= 0.6 is 9.24 Å². The molecule has 43 heavy (non-hydrogen) atoms. The van der Waals surface area contributed by atoms with E-state index in [1.54, 1.807) is 9.47 Å². The maximum Gasteiger partial charge on any atom is 0.354 e. The van der Waals surface area contributed by atoms with Gasteiger partial charge in [0.25, 0.3) is 0 Å². The number of pyridine rings is 1. The first kappa shape index (κ1) is 28.9. The van der Waals surface area contributed by atoms with Crippen molar-refractivity contribution in [3.8, 4) is 16.8 Å². The maximum atomic E-state index is 14.4.